The predicted octanol–water partition coefficient (Wildman–Crippen LogP) is -0.720. The molecule has 0 saturated heterocycles. The number of nitrogens with two attached hydrogens (primary N) is 2. The van der Waals surface area contributed by atoms with Crippen LogP contribution in [0, 0.1) is 0 Å². The summed E-state index contributed by atoms with van der Waals surface area (Å²) < 4.78 is 4.42. The molecule has 0 aromatic heterocycles. The zero-order valence-corrected chi connectivity index (χ0v) is 9.85. The molecule has 0 amide bonds. The van der Waals surface area contributed by atoms with Gasteiger partial charge in [0.2, 0.25) is 0 Å². The number of methoxy groups -OCH3 is 1. The van der Waals surface area contributed by atoms with Crippen LogP contribution in [-0.4, -0.2) is 47.7 Å². The van der Waals surface area contributed by atoms with E-state index in [0.29, 0.717) is 5.75 Å². The molecule has 0 rings (SSSR count). The Labute approximate surface area is 95.5 Å². The van der Waals surface area contributed by atoms with Crippen LogP contribution in [0.15, 0.2) is 0 Å². The van der Waals surface area contributed by atoms with Gasteiger partial charge in [0.25, 0.3) is 0 Å². The van der Waals surface area contributed by atoms with E-state index in [1.165, 1.54) is 28.7 Å². The molecule has 5 N–H and O–H groups in total. The third kappa shape index (κ3) is 6.61. The molecule has 0 unspecified atom stereocenters. The minimum absolute atomic E-state index is 0.272. The van der Waals surface area contributed by atoms with Gasteiger partial charge in [-0.15, -0.1) is 0 Å². The largest absolute Gasteiger partial charge is 0.480 e. The third-order valence-corrected chi connectivity index (χ3v) is 3.87. The van der Waals surface area contributed by atoms with E-state index in [2.05, 4.69) is 4.74 Å². The Balaban J connectivity index is 3.54. The quantitative estimate of drug-likeness (QED) is 0.310. The van der Waals surface area contributed by atoms with Crippen LogP contribution in [0.5, 0.6) is 0 Å². The van der Waals surface area contributed by atoms with Crippen LogP contribution in [0.2, 0.25) is 0 Å². The number of hydrogen-bond donors (Lipinski definition) is 3. The fourth-order valence-electron chi connectivity index (χ4n) is 0.534. The average molecular weight is 254 g/mol. The number of carboxylic acids is 1. The molecule has 6 nitrogen and oxygen atoms in total. The second kappa shape index (κ2) is 7.80. The summed E-state index contributed by atoms with van der Waals surface area (Å²) in [5.74, 6) is -0.886. The van der Waals surface area contributed by atoms with Crippen molar-refractivity contribution in [2.45, 2.75) is 12.1 Å². The van der Waals surface area contributed by atoms with Crippen molar-refractivity contribution in [1.29, 1.82) is 0 Å². The summed E-state index contributed by atoms with van der Waals surface area (Å²) in [6.07, 6.45) is 0. The molecule has 0 spiro atoms. The first-order valence-corrected chi connectivity index (χ1v) is 6.54. The van der Waals surface area contributed by atoms with Crippen LogP contribution < -0.4 is 11.5 Å². The minimum atomic E-state index is -1.04. The highest BCUT2D eigenvalue weighted by molar-refractivity contribution is 8.76. The second-order valence-electron chi connectivity index (χ2n) is 2.64. The molecule has 0 aromatic carbocycles. The first-order chi connectivity index (χ1) is 6.99. The fraction of sp³-hybridized carbons (Fsp3) is 0.714. The lowest BCUT2D eigenvalue weighted by molar-refractivity contribution is -0.141. The molecule has 0 radical (unpaired) electrons. The van der Waals surface area contributed by atoms with E-state index in [-0.39, 0.29) is 5.75 Å². The van der Waals surface area contributed by atoms with E-state index >= 15 is 0 Å². The summed E-state index contributed by atoms with van der Waals surface area (Å²) in [6.45, 7) is 0. The Kier molecular flexibility index (Phi) is 7.57. The van der Waals surface area contributed by atoms with Crippen LogP contribution in [0.3, 0.4) is 0 Å². The maximum atomic E-state index is 10.9. The number of carbonyl (C=O) groups is 2. The molecule has 2 atom stereocenters. The first-order valence-electron chi connectivity index (χ1n) is 4.05. The van der Waals surface area contributed by atoms with Gasteiger partial charge in [0, 0.05) is 11.5 Å². The predicted molar refractivity (Wildman–Crippen MR) is 60.5 cm³/mol. The molecule has 0 aromatic rings. The Bertz CT molecular complexity index is 227. The summed E-state index contributed by atoms with van der Waals surface area (Å²) >= 11 is 0. The van der Waals surface area contributed by atoms with Gasteiger partial charge in [0.05, 0.1) is 7.11 Å². The van der Waals surface area contributed by atoms with Crippen LogP contribution in [-0.2, 0) is 14.3 Å². The van der Waals surface area contributed by atoms with E-state index < -0.39 is 24.0 Å². The fourth-order valence-corrected chi connectivity index (χ4v) is 2.75. The third-order valence-electron chi connectivity index (χ3n) is 1.40. The van der Waals surface area contributed by atoms with Crippen molar-refractivity contribution in [2.75, 3.05) is 18.6 Å². The number of hydrogen-bond acceptors (Lipinski definition) is 7. The number of rotatable bonds is 7. The average Bonchev–Trinajstić information content (AvgIpc) is 2.22. The van der Waals surface area contributed by atoms with Gasteiger partial charge in [-0.05, 0) is 0 Å². The van der Waals surface area contributed by atoms with Gasteiger partial charge in [0.15, 0.2) is 0 Å². The minimum Gasteiger partial charge on any atom is -0.480 e. The SMILES string of the molecule is COC(=O)[C@@H](N)CSSC[C@H](N)C(=O)O. The molecule has 0 aliphatic heterocycles. The van der Waals surface area contributed by atoms with Crippen LogP contribution in [0.1, 0.15) is 0 Å². The van der Waals surface area contributed by atoms with E-state index in [9.17, 15) is 9.59 Å². The molecule has 0 bridgehead atoms. The maximum absolute atomic E-state index is 10.9. The lowest BCUT2D eigenvalue weighted by Gasteiger charge is -2.09. The van der Waals surface area contributed by atoms with Gasteiger partial charge in [-0.2, -0.15) is 0 Å². The molecule has 88 valence electrons. The van der Waals surface area contributed by atoms with Gasteiger partial charge < -0.3 is 21.3 Å². The lowest BCUT2D eigenvalue weighted by atomic mass is 10.4. The van der Waals surface area contributed by atoms with Crippen molar-refractivity contribution in [2.24, 2.45) is 11.5 Å². The van der Waals surface area contributed by atoms with Crippen molar-refractivity contribution in [3.63, 3.8) is 0 Å². The topological polar surface area (TPSA) is 116 Å². The molecular weight excluding hydrogens is 240 g/mol. The zero-order valence-electron chi connectivity index (χ0n) is 8.21. The molecule has 0 fully saturated rings. The summed E-state index contributed by atoms with van der Waals surface area (Å²) in [5, 5.41) is 8.47. The molecular formula is C7H14N2O4S2. The number of carbonyl (C=O) groups excluding carboxylic acids is 1. The van der Waals surface area contributed by atoms with Gasteiger partial charge >= 0.3 is 11.9 Å². The first kappa shape index (κ1) is 14.6. The zero-order chi connectivity index (χ0) is 11.8. The van der Waals surface area contributed by atoms with Crippen molar-refractivity contribution in [1.82, 2.24) is 0 Å². The Morgan fingerprint density at radius 3 is 2.13 bits per heavy atom. The molecule has 15 heavy (non-hydrogen) atoms. The summed E-state index contributed by atoms with van der Waals surface area (Å²) in [4.78, 5) is 21.2. The van der Waals surface area contributed by atoms with Crippen molar-refractivity contribution in [3.05, 3.63) is 0 Å². The summed E-state index contributed by atoms with van der Waals surface area (Å²) in [7, 11) is 3.83. The molecule has 0 heterocycles. The van der Waals surface area contributed by atoms with Crippen LogP contribution in [0.4, 0.5) is 0 Å². The van der Waals surface area contributed by atoms with E-state index in [0.717, 1.165) is 0 Å². The highest BCUT2D eigenvalue weighted by Crippen LogP contribution is 2.22. The standard InChI is InChI=1S/C7H14N2O4S2/c1-13-7(12)5(9)3-15-14-2-4(8)6(10)11/h4-5H,2-3,8-9H2,1H3,(H,10,11)/t4-,5-/m0/s1. The van der Waals surface area contributed by atoms with E-state index in [1.807, 2.05) is 0 Å². The number of ether oxygens (including phenoxy) is 1. The highest BCUT2D eigenvalue weighted by atomic mass is 33.1. The highest BCUT2D eigenvalue weighted by Gasteiger charge is 2.15. The monoisotopic (exact) mass is 254 g/mol. The second-order valence-corrected chi connectivity index (χ2v) is 5.20. The van der Waals surface area contributed by atoms with Gasteiger partial charge in [-0.3, -0.25) is 9.59 Å². The normalized spacial score (nSPS) is 14.3. The van der Waals surface area contributed by atoms with Gasteiger partial charge in [0.1, 0.15) is 12.1 Å². The van der Waals surface area contributed by atoms with Gasteiger partial charge in [-0.25, -0.2) is 0 Å². The maximum Gasteiger partial charge on any atom is 0.323 e. The Hall–Kier alpha value is -0.440. The lowest BCUT2D eigenvalue weighted by Crippen LogP contribution is -2.34. The van der Waals surface area contributed by atoms with E-state index in [1.54, 1.807) is 0 Å². The van der Waals surface area contributed by atoms with Crippen molar-refractivity contribution in [3.8, 4) is 0 Å². The van der Waals surface area contributed by atoms with Crippen LogP contribution in [0.25, 0.3) is 0 Å². The Morgan fingerprint density at radius 1 is 1.27 bits per heavy atom. The van der Waals surface area contributed by atoms with E-state index in [4.69, 9.17) is 16.6 Å². The van der Waals surface area contributed by atoms with Gasteiger partial charge in [-0.1, -0.05) is 21.6 Å². The smallest absolute Gasteiger partial charge is 0.323 e. The van der Waals surface area contributed by atoms with Crippen molar-refractivity contribution >= 4 is 33.5 Å². The summed E-state index contributed by atoms with van der Waals surface area (Å²) in [6, 6.07) is -1.58. The summed E-state index contributed by atoms with van der Waals surface area (Å²) in [5.41, 5.74) is 10.7. The molecule has 0 aliphatic carbocycles. The number of carboxylic acid groups (broad SMARTS) is 1. The molecule has 0 aliphatic rings. The van der Waals surface area contributed by atoms with Crippen LogP contribution >= 0.6 is 21.6 Å². The molecule has 8 heteroatoms. The van der Waals surface area contributed by atoms with Crippen molar-refractivity contribution < 1.29 is 19.4 Å². The number of esters is 1. The number of aliphatic carboxylic acids is 1. The Morgan fingerprint density at radius 2 is 1.73 bits per heavy atom. The molecule has 0 saturated carbocycles.